The minimum Gasteiger partial charge on any atom is -0.372 e. The summed E-state index contributed by atoms with van der Waals surface area (Å²) in [5.41, 5.74) is 4.08. The maximum atomic E-state index is 12.4. The van der Waals surface area contributed by atoms with Crippen molar-refractivity contribution < 1.29 is 4.79 Å². The maximum absolute atomic E-state index is 12.4. The number of benzene rings is 2. The van der Waals surface area contributed by atoms with Gasteiger partial charge in [0.2, 0.25) is 0 Å². The molecule has 1 aliphatic heterocycles. The van der Waals surface area contributed by atoms with Gasteiger partial charge in [0.1, 0.15) is 0 Å². The topological polar surface area (TPSA) is 58.1 Å². The number of hydrogen-bond donors (Lipinski definition) is 1. The van der Waals surface area contributed by atoms with Crippen LogP contribution in [0.25, 0.3) is 11.0 Å². The highest BCUT2D eigenvalue weighted by Gasteiger charge is 2.12. The number of hydrogen-bond acceptors (Lipinski definition) is 4. The molecule has 0 atom stereocenters. The van der Waals surface area contributed by atoms with Gasteiger partial charge in [-0.25, -0.2) is 0 Å². The molecule has 5 nitrogen and oxygen atoms in total. The molecular formula is C19H18N4O. The summed E-state index contributed by atoms with van der Waals surface area (Å²) in [6.45, 7) is 2.23. The van der Waals surface area contributed by atoms with E-state index in [2.05, 4.69) is 32.3 Å². The predicted molar refractivity (Wildman–Crippen MR) is 95.4 cm³/mol. The normalized spacial score (nSPS) is 14.1. The molecule has 5 heteroatoms. The third kappa shape index (κ3) is 2.93. The van der Waals surface area contributed by atoms with Gasteiger partial charge in [0.25, 0.3) is 5.91 Å². The largest absolute Gasteiger partial charge is 0.372 e. The van der Waals surface area contributed by atoms with Crippen LogP contribution in [0, 0.1) is 0 Å². The van der Waals surface area contributed by atoms with E-state index in [1.165, 1.54) is 18.5 Å². The van der Waals surface area contributed by atoms with E-state index in [9.17, 15) is 4.79 Å². The Labute approximate surface area is 140 Å². The van der Waals surface area contributed by atoms with Gasteiger partial charge in [-0.05, 0) is 55.3 Å². The molecule has 0 saturated carbocycles. The zero-order valence-electron chi connectivity index (χ0n) is 13.3. The maximum Gasteiger partial charge on any atom is 0.255 e. The van der Waals surface area contributed by atoms with Crippen LogP contribution in [-0.2, 0) is 0 Å². The summed E-state index contributed by atoms with van der Waals surface area (Å²) in [5, 5.41) is 2.94. The Morgan fingerprint density at radius 1 is 0.917 bits per heavy atom. The van der Waals surface area contributed by atoms with E-state index in [4.69, 9.17) is 0 Å². The lowest BCUT2D eigenvalue weighted by Crippen LogP contribution is -2.17. The number of aromatic nitrogens is 2. The molecule has 0 aliphatic carbocycles. The molecule has 3 aromatic rings. The standard InChI is InChI=1S/C19H18N4O/c24-19(14-3-8-17-18(13-14)21-10-9-20-17)22-15-4-6-16(7-5-15)23-11-1-2-12-23/h3-10,13H,1-2,11-12H2,(H,22,24). The van der Waals surface area contributed by atoms with Crippen molar-refractivity contribution in [3.05, 3.63) is 60.4 Å². The second-order valence-corrected chi connectivity index (χ2v) is 5.95. The Morgan fingerprint density at radius 2 is 1.62 bits per heavy atom. The third-order valence-electron chi connectivity index (χ3n) is 4.33. The molecule has 1 saturated heterocycles. The molecular weight excluding hydrogens is 300 g/mol. The zero-order valence-corrected chi connectivity index (χ0v) is 13.3. The quantitative estimate of drug-likeness (QED) is 0.803. The van der Waals surface area contributed by atoms with Crippen LogP contribution in [0.15, 0.2) is 54.9 Å². The molecule has 0 bridgehead atoms. The van der Waals surface area contributed by atoms with Gasteiger partial charge in [0.15, 0.2) is 0 Å². The van der Waals surface area contributed by atoms with E-state index < -0.39 is 0 Å². The number of rotatable bonds is 3. The summed E-state index contributed by atoms with van der Waals surface area (Å²) < 4.78 is 0. The molecule has 1 fully saturated rings. The lowest BCUT2D eigenvalue weighted by molar-refractivity contribution is 0.102. The second-order valence-electron chi connectivity index (χ2n) is 5.95. The third-order valence-corrected chi connectivity index (χ3v) is 4.33. The fourth-order valence-corrected chi connectivity index (χ4v) is 3.04. The molecule has 2 aromatic carbocycles. The predicted octanol–water partition coefficient (Wildman–Crippen LogP) is 3.48. The number of nitrogens with zero attached hydrogens (tertiary/aromatic N) is 3. The number of carbonyl (C=O) groups is 1. The van der Waals surface area contributed by atoms with Crippen molar-refractivity contribution in [2.45, 2.75) is 12.8 Å². The Bertz CT molecular complexity index is 870. The summed E-state index contributed by atoms with van der Waals surface area (Å²) in [6, 6.07) is 13.4. The number of amides is 1. The van der Waals surface area contributed by atoms with E-state index in [0.717, 1.165) is 29.8 Å². The fraction of sp³-hybridized carbons (Fsp3) is 0.211. The summed E-state index contributed by atoms with van der Waals surface area (Å²) in [4.78, 5) is 23.3. The first kappa shape index (κ1) is 14.6. The lowest BCUT2D eigenvalue weighted by Gasteiger charge is -2.17. The molecule has 24 heavy (non-hydrogen) atoms. The number of carbonyl (C=O) groups excluding carboxylic acids is 1. The molecule has 0 radical (unpaired) electrons. The smallest absolute Gasteiger partial charge is 0.255 e. The van der Waals surface area contributed by atoms with Gasteiger partial charge in [0.05, 0.1) is 11.0 Å². The van der Waals surface area contributed by atoms with E-state index in [-0.39, 0.29) is 5.91 Å². The van der Waals surface area contributed by atoms with Crippen LogP contribution >= 0.6 is 0 Å². The van der Waals surface area contributed by atoms with Gasteiger partial charge in [-0.2, -0.15) is 0 Å². The first-order valence-electron chi connectivity index (χ1n) is 8.17. The fourth-order valence-electron chi connectivity index (χ4n) is 3.04. The van der Waals surface area contributed by atoms with Crippen LogP contribution in [-0.4, -0.2) is 29.0 Å². The molecule has 0 spiro atoms. The van der Waals surface area contributed by atoms with Crippen molar-refractivity contribution in [1.29, 1.82) is 0 Å². The van der Waals surface area contributed by atoms with Crippen LogP contribution in [0.5, 0.6) is 0 Å². The molecule has 1 aliphatic rings. The minimum absolute atomic E-state index is 0.142. The van der Waals surface area contributed by atoms with Crippen LogP contribution < -0.4 is 10.2 Å². The Balaban J connectivity index is 1.50. The van der Waals surface area contributed by atoms with Gasteiger partial charge >= 0.3 is 0 Å². The van der Waals surface area contributed by atoms with Crippen molar-refractivity contribution >= 4 is 28.3 Å². The SMILES string of the molecule is O=C(Nc1ccc(N2CCCC2)cc1)c1ccc2nccnc2c1. The second kappa shape index (κ2) is 6.28. The summed E-state index contributed by atoms with van der Waals surface area (Å²) >= 11 is 0. The van der Waals surface area contributed by atoms with Gasteiger partial charge < -0.3 is 10.2 Å². The Kier molecular flexibility index (Phi) is 3.83. The molecule has 120 valence electrons. The molecule has 1 N–H and O–H groups in total. The summed E-state index contributed by atoms with van der Waals surface area (Å²) in [5.74, 6) is -0.142. The molecule has 0 unspecified atom stereocenters. The minimum atomic E-state index is -0.142. The monoisotopic (exact) mass is 318 g/mol. The average molecular weight is 318 g/mol. The van der Waals surface area contributed by atoms with Crippen molar-refractivity contribution in [3.8, 4) is 0 Å². The number of nitrogens with one attached hydrogen (secondary N) is 1. The van der Waals surface area contributed by atoms with Crippen LogP contribution in [0.3, 0.4) is 0 Å². The van der Waals surface area contributed by atoms with Crippen molar-refractivity contribution in [3.63, 3.8) is 0 Å². The van der Waals surface area contributed by atoms with Gasteiger partial charge in [-0.3, -0.25) is 14.8 Å². The molecule has 1 amide bonds. The highest BCUT2D eigenvalue weighted by Crippen LogP contribution is 2.22. The number of anilines is 2. The van der Waals surface area contributed by atoms with Crippen LogP contribution in [0.4, 0.5) is 11.4 Å². The number of fused-ring (bicyclic) bond motifs is 1. The van der Waals surface area contributed by atoms with Crippen LogP contribution in [0.1, 0.15) is 23.2 Å². The summed E-state index contributed by atoms with van der Waals surface area (Å²) in [6.07, 6.45) is 5.78. The van der Waals surface area contributed by atoms with Gasteiger partial charge in [0, 0.05) is 42.4 Å². The summed E-state index contributed by atoms with van der Waals surface area (Å²) in [7, 11) is 0. The van der Waals surface area contributed by atoms with Crippen molar-refractivity contribution in [2.75, 3.05) is 23.3 Å². The Morgan fingerprint density at radius 3 is 2.38 bits per heavy atom. The van der Waals surface area contributed by atoms with E-state index >= 15 is 0 Å². The molecule has 4 rings (SSSR count). The molecule has 2 heterocycles. The van der Waals surface area contributed by atoms with Gasteiger partial charge in [-0.15, -0.1) is 0 Å². The Hall–Kier alpha value is -2.95. The average Bonchev–Trinajstić information content (AvgIpc) is 3.16. The van der Waals surface area contributed by atoms with Gasteiger partial charge in [-0.1, -0.05) is 0 Å². The van der Waals surface area contributed by atoms with Crippen molar-refractivity contribution in [2.24, 2.45) is 0 Å². The van der Waals surface area contributed by atoms with E-state index in [1.807, 2.05) is 18.2 Å². The highest BCUT2D eigenvalue weighted by molar-refractivity contribution is 6.05. The van der Waals surface area contributed by atoms with E-state index in [1.54, 1.807) is 24.5 Å². The lowest BCUT2D eigenvalue weighted by atomic mass is 10.1. The zero-order chi connectivity index (χ0) is 16.4. The molecule has 1 aromatic heterocycles. The first-order valence-corrected chi connectivity index (χ1v) is 8.17. The van der Waals surface area contributed by atoms with Crippen LogP contribution in [0.2, 0.25) is 0 Å². The first-order chi connectivity index (χ1) is 11.8. The highest BCUT2D eigenvalue weighted by atomic mass is 16.1. The van der Waals surface area contributed by atoms with E-state index in [0.29, 0.717) is 5.56 Å². The van der Waals surface area contributed by atoms with Crippen molar-refractivity contribution in [1.82, 2.24) is 9.97 Å².